The summed E-state index contributed by atoms with van der Waals surface area (Å²) in [7, 11) is 0. The molecule has 124 valence electrons. The number of hydrogen-bond donors (Lipinski definition) is 2. The molecule has 2 rings (SSSR count). The number of rotatable bonds is 6. The molecule has 1 amide bonds. The van der Waals surface area contributed by atoms with E-state index >= 15 is 0 Å². The van der Waals surface area contributed by atoms with Crippen LogP contribution in [-0.4, -0.2) is 17.0 Å². The number of aryl methyl sites for hydroxylation is 2. The maximum absolute atomic E-state index is 12.0. The Kier molecular flexibility index (Phi) is 5.90. The van der Waals surface area contributed by atoms with Gasteiger partial charge in [0, 0.05) is 6.08 Å². The number of hydrogen-bond acceptors (Lipinski definition) is 2. The van der Waals surface area contributed by atoms with E-state index in [0.717, 1.165) is 18.4 Å². The molecule has 2 aromatic rings. The molecule has 4 nitrogen and oxygen atoms in total. The van der Waals surface area contributed by atoms with E-state index in [2.05, 4.69) is 31.3 Å². The van der Waals surface area contributed by atoms with Crippen molar-refractivity contribution in [2.75, 3.05) is 5.32 Å². The second kappa shape index (κ2) is 8.11. The van der Waals surface area contributed by atoms with Gasteiger partial charge in [0.25, 0.3) is 0 Å². The first-order chi connectivity index (χ1) is 11.5. The van der Waals surface area contributed by atoms with Crippen LogP contribution in [-0.2, 0) is 17.6 Å². The molecule has 0 aromatic heterocycles. The average molecular weight is 323 g/mol. The van der Waals surface area contributed by atoms with Gasteiger partial charge in [-0.3, -0.25) is 4.79 Å². The Morgan fingerprint density at radius 1 is 1.04 bits per heavy atom. The van der Waals surface area contributed by atoms with Gasteiger partial charge in [0.15, 0.2) is 0 Å². The highest BCUT2D eigenvalue weighted by atomic mass is 16.4. The number of carboxylic acid groups (broad SMARTS) is 1. The number of carbonyl (C=O) groups excluding carboxylic acids is 1. The predicted octanol–water partition coefficient (Wildman–Crippen LogP) is 4.16. The molecular weight excluding hydrogens is 302 g/mol. The van der Waals surface area contributed by atoms with Crippen LogP contribution in [0.5, 0.6) is 0 Å². The molecule has 0 spiro atoms. The Balaban J connectivity index is 2.13. The summed E-state index contributed by atoms with van der Waals surface area (Å²) in [5, 5.41) is 11.7. The highest BCUT2D eigenvalue weighted by Crippen LogP contribution is 2.16. The van der Waals surface area contributed by atoms with Gasteiger partial charge in [-0.1, -0.05) is 44.2 Å². The van der Waals surface area contributed by atoms with E-state index < -0.39 is 5.97 Å². The summed E-state index contributed by atoms with van der Waals surface area (Å²) in [6, 6.07) is 12.5. The van der Waals surface area contributed by atoms with Crippen molar-refractivity contribution < 1.29 is 14.7 Å². The molecule has 0 saturated heterocycles. The topological polar surface area (TPSA) is 66.4 Å². The van der Waals surface area contributed by atoms with Crippen molar-refractivity contribution in [3.63, 3.8) is 0 Å². The molecular formula is C20H21NO3. The van der Waals surface area contributed by atoms with Crippen LogP contribution < -0.4 is 5.32 Å². The van der Waals surface area contributed by atoms with Crippen LogP contribution in [0.3, 0.4) is 0 Å². The standard InChI is InChI=1S/C20H21NO3/c1-3-15-11-9-14(13-16(15)4-2)10-12-19(22)21-18-8-6-5-7-17(18)20(23)24/h5-13H,3-4H2,1-2H3,(H,21,22)(H,23,24). The normalized spacial score (nSPS) is 10.8. The van der Waals surface area contributed by atoms with E-state index in [4.69, 9.17) is 5.11 Å². The first-order valence-corrected chi connectivity index (χ1v) is 7.98. The van der Waals surface area contributed by atoms with Gasteiger partial charge in [-0.2, -0.15) is 0 Å². The summed E-state index contributed by atoms with van der Waals surface area (Å²) in [5.41, 5.74) is 3.89. The van der Waals surface area contributed by atoms with Crippen molar-refractivity contribution in [2.24, 2.45) is 0 Å². The molecule has 0 unspecified atom stereocenters. The van der Waals surface area contributed by atoms with Crippen molar-refractivity contribution in [3.05, 3.63) is 70.8 Å². The SMILES string of the molecule is CCc1ccc(C=CC(=O)Nc2ccccc2C(=O)O)cc1CC. The van der Waals surface area contributed by atoms with E-state index in [1.54, 1.807) is 24.3 Å². The number of aromatic carboxylic acids is 1. The van der Waals surface area contributed by atoms with Crippen LogP contribution in [0.1, 0.15) is 40.9 Å². The van der Waals surface area contributed by atoms with Crippen LogP contribution in [0.15, 0.2) is 48.5 Å². The number of nitrogens with one attached hydrogen (secondary N) is 1. The van der Waals surface area contributed by atoms with Gasteiger partial charge in [0.1, 0.15) is 0 Å². The van der Waals surface area contributed by atoms with E-state index in [9.17, 15) is 9.59 Å². The van der Waals surface area contributed by atoms with Crippen molar-refractivity contribution >= 4 is 23.6 Å². The minimum Gasteiger partial charge on any atom is -0.478 e. The number of amides is 1. The Morgan fingerprint density at radius 3 is 2.42 bits per heavy atom. The van der Waals surface area contributed by atoms with Crippen LogP contribution in [0.4, 0.5) is 5.69 Å². The number of anilines is 1. The Morgan fingerprint density at radius 2 is 1.75 bits per heavy atom. The second-order valence-corrected chi connectivity index (χ2v) is 5.41. The third-order valence-electron chi connectivity index (χ3n) is 3.83. The predicted molar refractivity (Wildman–Crippen MR) is 96.3 cm³/mol. The van der Waals surface area contributed by atoms with Gasteiger partial charge in [-0.05, 0) is 47.7 Å². The number of benzene rings is 2. The third-order valence-corrected chi connectivity index (χ3v) is 3.83. The molecule has 0 atom stereocenters. The van der Waals surface area contributed by atoms with Crippen LogP contribution in [0.25, 0.3) is 6.08 Å². The maximum atomic E-state index is 12.0. The van der Waals surface area contributed by atoms with E-state index in [0.29, 0.717) is 0 Å². The van der Waals surface area contributed by atoms with Crippen LogP contribution in [0, 0.1) is 0 Å². The van der Waals surface area contributed by atoms with Gasteiger partial charge >= 0.3 is 5.97 Å². The Bertz CT molecular complexity index is 778. The fraction of sp³-hybridized carbons (Fsp3) is 0.200. The first-order valence-electron chi connectivity index (χ1n) is 7.98. The molecule has 24 heavy (non-hydrogen) atoms. The highest BCUT2D eigenvalue weighted by Gasteiger charge is 2.10. The molecule has 0 heterocycles. The fourth-order valence-electron chi connectivity index (χ4n) is 2.55. The summed E-state index contributed by atoms with van der Waals surface area (Å²) >= 11 is 0. The smallest absolute Gasteiger partial charge is 0.337 e. The molecule has 0 fully saturated rings. The molecule has 4 heteroatoms. The van der Waals surface area contributed by atoms with Crippen molar-refractivity contribution in [2.45, 2.75) is 26.7 Å². The highest BCUT2D eigenvalue weighted by molar-refractivity contribution is 6.06. The zero-order valence-corrected chi connectivity index (χ0v) is 13.9. The van der Waals surface area contributed by atoms with E-state index in [-0.39, 0.29) is 17.2 Å². The number of carboxylic acids is 1. The molecule has 2 aromatic carbocycles. The molecule has 0 bridgehead atoms. The Hall–Kier alpha value is -2.88. The minimum atomic E-state index is -1.07. The maximum Gasteiger partial charge on any atom is 0.337 e. The zero-order chi connectivity index (χ0) is 17.5. The monoisotopic (exact) mass is 323 g/mol. The lowest BCUT2D eigenvalue weighted by Crippen LogP contribution is -2.11. The largest absolute Gasteiger partial charge is 0.478 e. The zero-order valence-electron chi connectivity index (χ0n) is 13.9. The lowest BCUT2D eigenvalue weighted by molar-refractivity contribution is -0.111. The van der Waals surface area contributed by atoms with E-state index in [1.165, 1.54) is 23.3 Å². The third kappa shape index (κ3) is 4.32. The van der Waals surface area contributed by atoms with Gasteiger partial charge < -0.3 is 10.4 Å². The van der Waals surface area contributed by atoms with E-state index in [1.807, 2.05) is 6.07 Å². The first kappa shape index (κ1) is 17.5. The van der Waals surface area contributed by atoms with Crippen LogP contribution in [0.2, 0.25) is 0 Å². The second-order valence-electron chi connectivity index (χ2n) is 5.41. The Labute approximate surface area is 141 Å². The molecule has 0 aliphatic carbocycles. The van der Waals surface area contributed by atoms with Crippen molar-refractivity contribution in [3.8, 4) is 0 Å². The summed E-state index contributed by atoms with van der Waals surface area (Å²) in [6.45, 7) is 4.23. The van der Waals surface area contributed by atoms with Gasteiger partial charge in [-0.15, -0.1) is 0 Å². The molecule has 0 radical (unpaired) electrons. The van der Waals surface area contributed by atoms with Gasteiger partial charge in [-0.25, -0.2) is 4.79 Å². The quantitative estimate of drug-likeness (QED) is 0.784. The summed E-state index contributed by atoms with van der Waals surface area (Å²) in [4.78, 5) is 23.2. The summed E-state index contributed by atoms with van der Waals surface area (Å²) < 4.78 is 0. The minimum absolute atomic E-state index is 0.0693. The number of para-hydroxylation sites is 1. The van der Waals surface area contributed by atoms with Gasteiger partial charge in [0.05, 0.1) is 11.3 Å². The van der Waals surface area contributed by atoms with Crippen molar-refractivity contribution in [1.82, 2.24) is 0 Å². The van der Waals surface area contributed by atoms with Gasteiger partial charge in [0.2, 0.25) is 5.91 Å². The van der Waals surface area contributed by atoms with Crippen LogP contribution >= 0.6 is 0 Å². The lowest BCUT2D eigenvalue weighted by Gasteiger charge is -2.07. The lowest BCUT2D eigenvalue weighted by atomic mass is 10.00. The number of carbonyl (C=O) groups is 2. The molecule has 0 saturated carbocycles. The summed E-state index contributed by atoms with van der Waals surface area (Å²) in [6.07, 6.45) is 5.08. The molecule has 2 N–H and O–H groups in total. The fourth-order valence-corrected chi connectivity index (χ4v) is 2.55. The summed E-state index contributed by atoms with van der Waals surface area (Å²) in [5.74, 6) is -1.43. The van der Waals surface area contributed by atoms with Crippen molar-refractivity contribution in [1.29, 1.82) is 0 Å². The average Bonchev–Trinajstić information content (AvgIpc) is 2.59. The molecule has 0 aliphatic rings. The molecule has 0 aliphatic heterocycles.